The number of ether oxygens (including phenoxy) is 1. The van der Waals surface area contributed by atoms with Gasteiger partial charge >= 0.3 is 5.97 Å². The average Bonchev–Trinajstić information content (AvgIpc) is 2.08. The molecule has 0 unspecified atom stereocenters. The number of hydrogen-bond donors (Lipinski definition) is 2. The van der Waals surface area contributed by atoms with E-state index >= 15 is 0 Å². The third kappa shape index (κ3) is 25.3. The molecule has 7 nitrogen and oxygen atoms in total. The van der Waals surface area contributed by atoms with Gasteiger partial charge in [0.25, 0.3) is 5.11 Å². The van der Waals surface area contributed by atoms with Crippen LogP contribution in [0.25, 0.3) is 0 Å². The van der Waals surface area contributed by atoms with Gasteiger partial charge in [0.1, 0.15) is 6.61 Å². The summed E-state index contributed by atoms with van der Waals surface area (Å²) in [5, 5.41) is 3.20. The van der Waals surface area contributed by atoms with Gasteiger partial charge in [-0.25, -0.2) is 13.2 Å². The topological polar surface area (TPSA) is 123 Å². The zero-order chi connectivity index (χ0) is 14.1. The number of rotatable bonds is 4. The van der Waals surface area contributed by atoms with Crippen LogP contribution in [0, 0.1) is 0 Å². The van der Waals surface area contributed by atoms with Gasteiger partial charge in [0.15, 0.2) is 0 Å². The molecule has 0 saturated heterocycles. The van der Waals surface area contributed by atoms with Gasteiger partial charge in [-0.2, -0.15) is 0 Å². The molecule has 0 bridgehead atoms. The molecule has 100 valence electrons. The Labute approximate surface area is 106 Å². The van der Waals surface area contributed by atoms with Gasteiger partial charge < -0.3 is 20.3 Å². The van der Waals surface area contributed by atoms with E-state index in [9.17, 15) is 4.79 Å². The van der Waals surface area contributed by atoms with Crippen LogP contribution in [0.5, 0.6) is 0 Å². The van der Waals surface area contributed by atoms with Crippen LogP contribution in [0.4, 0.5) is 0 Å². The molecule has 0 radical (unpaired) electrons. The van der Waals surface area contributed by atoms with Crippen LogP contribution in [-0.2, 0) is 19.6 Å². The first kappa shape index (κ1) is 18.3. The van der Waals surface area contributed by atoms with Crippen molar-refractivity contribution in [3.8, 4) is 0 Å². The largest absolute Gasteiger partial charge is 0.748 e. The van der Waals surface area contributed by atoms with Crippen molar-refractivity contribution in [1.29, 1.82) is 0 Å². The van der Waals surface area contributed by atoms with E-state index in [0.29, 0.717) is 23.5 Å². The number of esters is 1. The molecule has 0 amide bonds. The van der Waals surface area contributed by atoms with Crippen molar-refractivity contribution >= 4 is 33.4 Å². The molecule has 0 atom stereocenters. The van der Waals surface area contributed by atoms with Crippen molar-refractivity contribution < 1.29 is 28.2 Å². The molecule has 0 fully saturated rings. The minimum Gasteiger partial charge on any atom is -0.748 e. The Balaban J connectivity index is 0. The molecule has 0 aliphatic rings. The maximum atomic E-state index is 10.8. The molecule has 0 aromatic heterocycles. The fraction of sp³-hybridized carbons (Fsp3) is 0.500. The van der Waals surface area contributed by atoms with Crippen LogP contribution in [0.2, 0.25) is 0 Å². The fourth-order valence-corrected chi connectivity index (χ4v) is 0.559. The van der Waals surface area contributed by atoms with Gasteiger partial charge in [-0.05, 0) is 6.92 Å². The quantitative estimate of drug-likeness (QED) is 0.209. The summed E-state index contributed by atoms with van der Waals surface area (Å²) in [4.78, 5) is 10.8. The minimum atomic E-state index is -3.92. The van der Waals surface area contributed by atoms with Crippen molar-refractivity contribution in [2.24, 2.45) is 0 Å². The van der Waals surface area contributed by atoms with Crippen molar-refractivity contribution in [1.82, 2.24) is 5.32 Å². The molecule has 0 rings (SSSR count). The van der Waals surface area contributed by atoms with E-state index in [1.807, 2.05) is 0 Å². The second-order valence-corrected chi connectivity index (χ2v) is 4.87. The van der Waals surface area contributed by atoms with Crippen LogP contribution < -0.4 is 11.1 Å². The summed E-state index contributed by atoms with van der Waals surface area (Å²) in [6.07, 6.45) is 0.604. The summed E-state index contributed by atoms with van der Waals surface area (Å²) in [6, 6.07) is 0. The first-order valence-corrected chi connectivity index (χ1v) is 6.59. The highest BCUT2D eigenvalue weighted by atomic mass is 32.2. The summed E-state index contributed by atoms with van der Waals surface area (Å²) in [5.41, 5.74) is 3.85. The average molecular weight is 284 g/mol. The molecule has 0 saturated carbocycles. The summed E-state index contributed by atoms with van der Waals surface area (Å²) in [6.45, 7) is 5.80. The molecule has 0 aromatic rings. The van der Waals surface area contributed by atoms with E-state index in [1.54, 1.807) is 6.92 Å². The number of nitrogens with one attached hydrogen (secondary N) is 1. The van der Waals surface area contributed by atoms with Crippen molar-refractivity contribution in [2.45, 2.75) is 6.92 Å². The molecule has 0 aromatic carbocycles. The van der Waals surface area contributed by atoms with E-state index in [-0.39, 0.29) is 12.6 Å². The molecule has 0 aliphatic carbocycles. The lowest BCUT2D eigenvalue weighted by atomic mass is 10.4. The molecular weight excluding hydrogens is 268 g/mol. The van der Waals surface area contributed by atoms with Gasteiger partial charge in [0.2, 0.25) is 0 Å². The maximum absolute atomic E-state index is 10.8. The van der Waals surface area contributed by atoms with Gasteiger partial charge in [-0.1, -0.05) is 6.58 Å². The van der Waals surface area contributed by atoms with E-state index in [0.717, 1.165) is 0 Å². The fourth-order valence-electron chi connectivity index (χ4n) is 0.457. The zero-order valence-electron chi connectivity index (χ0n) is 9.69. The molecular formula is C8H16N2O5S2. The Morgan fingerprint density at radius 3 is 2.29 bits per heavy atom. The third-order valence-corrected chi connectivity index (χ3v) is 1.15. The van der Waals surface area contributed by atoms with E-state index in [2.05, 4.69) is 29.8 Å². The van der Waals surface area contributed by atoms with Crippen molar-refractivity contribution in [3.05, 3.63) is 12.2 Å². The second-order valence-electron chi connectivity index (χ2n) is 2.97. The Morgan fingerprint density at radius 2 is 2.00 bits per heavy atom. The smallest absolute Gasteiger partial charge is 0.333 e. The number of carbonyl (C=O) groups is 1. The number of quaternary nitrogens is 1. The van der Waals surface area contributed by atoms with Gasteiger partial charge in [-0.3, -0.25) is 0 Å². The van der Waals surface area contributed by atoms with E-state index in [4.69, 9.17) is 17.7 Å². The first-order chi connectivity index (χ1) is 7.54. The van der Waals surface area contributed by atoms with Crippen LogP contribution >= 0.6 is 12.2 Å². The number of hydrogen-bond acceptors (Lipinski definition) is 6. The van der Waals surface area contributed by atoms with Gasteiger partial charge in [-0.15, -0.1) is 0 Å². The highest BCUT2D eigenvalue weighted by Crippen LogP contribution is 1.90. The van der Waals surface area contributed by atoms with Crippen molar-refractivity contribution in [2.75, 3.05) is 19.4 Å². The third-order valence-electron chi connectivity index (χ3n) is 1.01. The summed E-state index contributed by atoms with van der Waals surface area (Å²) in [5.74, 6) is -0.383. The Kier molecular flexibility index (Phi) is 9.76. The normalized spacial score (nSPS) is 9.65. The highest BCUT2D eigenvalue weighted by Gasteiger charge is 2.01. The van der Waals surface area contributed by atoms with E-state index in [1.165, 1.54) is 0 Å². The molecule has 0 aliphatic heterocycles. The lowest BCUT2D eigenvalue weighted by Crippen LogP contribution is -2.63. The summed E-state index contributed by atoms with van der Waals surface area (Å²) in [7, 11) is -3.92. The first-order valence-electron chi connectivity index (χ1n) is 4.37. The SMILES string of the molecule is C=C(C)C(=O)OCCNC([NH3+])=S.CS(=O)(=O)[O-]. The zero-order valence-corrected chi connectivity index (χ0v) is 11.3. The number of carbonyl (C=O) groups excluding carboxylic acids is 1. The predicted molar refractivity (Wildman–Crippen MR) is 64.9 cm³/mol. The molecule has 0 spiro atoms. The highest BCUT2D eigenvalue weighted by molar-refractivity contribution is 7.84. The Bertz CT molecular complexity index is 369. The molecule has 0 heterocycles. The minimum absolute atomic E-state index is 0.279. The number of thiocarbonyl (C=S) groups is 1. The summed E-state index contributed by atoms with van der Waals surface area (Å²) < 4.78 is 32.0. The Hall–Kier alpha value is -1.03. The summed E-state index contributed by atoms with van der Waals surface area (Å²) >= 11 is 4.65. The monoisotopic (exact) mass is 284 g/mol. The Morgan fingerprint density at radius 1 is 1.59 bits per heavy atom. The molecule has 17 heavy (non-hydrogen) atoms. The van der Waals surface area contributed by atoms with Crippen LogP contribution in [0.1, 0.15) is 6.92 Å². The second kappa shape index (κ2) is 9.05. The standard InChI is InChI=1S/C7H12N2O2S.CH4O3S/c1-5(2)6(10)11-4-3-9-7(8)12;1-5(2,3)4/h1,3-4H2,2H3,(H3,8,9,12);1H3,(H,2,3,4). The molecule has 4 N–H and O–H groups in total. The lowest BCUT2D eigenvalue weighted by Gasteiger charge is -2.03. The van der Waals surface area contributed by atoms with Crippen molar-refractivity contribution in [3.63, 3.8) is 0 Å². The predicted octanol–water partition coefficient (Wildman–Crippen LogP) is -1.62. The van der Waals surface area contributed by atoms with Crippen LogP contribution in [0.3, 0.4) is 0 Å². The lowest BCUT2D eigenvalue weighted by molar-refractivity contribution is -0.215. The maximum Gasteiger partial charge on any atom is 0.333 e. The van der Waals surface area contributed by atoms with Gasteiger partial charge in [0, 0.05) is 24.0 Å². The van der Waals surface area contributed by atoms with Crippen LogP contribution in [-0.4, -0.2) is 43.5 Å². The van der Waals surface area contributed by atoms with Crippen LogP contribution in [0.15, 0.2) is 12.2 Å². The van der Waals surface area contributed by atoms with Gasteiger partial charge in [0.05, 0.1) is 16.7 Å². The molecule has 9 heteroatoms. The van der Waals surface area contributed by atoms with E-state index < -0.39 is 10.1 Å².